The zero-order valence-corrected chi connectivity index (χ0v) is 14.4. The lowest BCUT2D eigenvalue weighted by atomic mass is 10.2. The highest BCUT2D eigenvalue weighted by Crippen LogP contribution is 2.08. The van der Waals surface area contributed by atoms with Gasteiger partial charge in [0.1, 0.15) is 0 Å². The number of nitriles is 1. The number of benzene rings is 2. The van der Waals surface area contributed by atoms with Gasteiger partial charge in [0.2, 0.25) is 0 Å². The molecule has 0 radical (unpaired) electrons. The van der Waals surface area contributed by atoms with E-state index in [9.17, 15) is 9.59 Å². The third-order valence-corrected chi connectivity index (χ3v) is 4.49. The van der Waals surface area contributed by atoms with Gasteiger partial charge in [-0.05, 0) is 36.4 Å². The largest absolute Gasteiger partial charge is 0.327 e. The second-order valence-corrected chi connectivity index (χ2v) is 6.32. The first-order valence-corrected chi connectivity index (χ1v) is 8.63. The van der Waals surface area contributed by atoms with Crippen LogP contribution in [0.15, 0.2) is 54.6 Å². The summed E-state index contributed by atoms with van der Waals surface area (Å²) in [6, 6.07) is 18.1. The highest BCUT2D eigenvalue weighted by Gasteiger charge is 2.25. The molecule has 26 heavy (non-hydrogen) atoms. The van der Waals surface area contributed by atoms with Gasteiger partial charge in [0, 0.05) is 11.3 Å². The van der Waals surface area contributed by atoms with Crippen molar-refractivity contribution in [2.75, 3.05) is 38.0 Å². The minimum atomic E-state index is -0.0625. The summed E-state index contributed by atoms with van der Waals surface area (Å²) >= 11 is 0. The minimum Gasteiger partial charge on any atom is -0.327 e. The number of anilines is 1. The monoisotopic (exact) mass is 349 g/mol. The average molecular weight is 349 g/mol. The molecular weight excluding hydrogens is 328 g/mol. The van der Waals surface area contributed by atoms with Crippen LogP contribution in [0.3, 0.4) is 0 Å². The summed E-state index contributed by atoms with van der Waals surface area (Å²) in [5.41, 5.74) is 1.95. The van der Waals surface area contributed by atoms with E-state index in [0.29, 0.717) is 36.4 Å². The molecule has 2 aromatic rings. The molecule has 0 saturated carbocycles. The molecule has 0 unspecified atom stereocenters. The van der Waals surface area contributed by atoms with Gasteiger partial charge in [-0.15, -0.1) is 0 Å². The number of nitrogens with zero attached hydrogens (tertiary/aromatic N) is 2. The third-order valence-electron chi connectivity index (χ3n) is 4.49. The van der Waals surface area contributed by atoms with Crippen molar-refractivity contribution in [2.45, 2.75) is 0 Å². The van der Waals surface area contributed by atoms with E-state index in [-0.39, 0.29) is 11.8 Å². The van der Waals surface area contributed by atoms with E-state index in [0.717, 1.165) is 18.0 Å². The molecule has 6 heteroatoms. The highest BCUT2D eigenvalue weighted by atomic mass is 16.2. The molecule has 132 valence electrons. The number of piperazine rings is 1. The zero-order valence-electron chi connectivity index (χ0n) is 14.4. The molecule has 0 atom stereocenters. The summed E-state index contributed by atoms with van der Waals surface area (Å²) in [6.45, 7) is 3.16. The first-order chi connectivity index (χ1) is 12.7. The number of carbonyl (C=O) groups is 2. The lowest BCUT2D eigenvalue weighted by Crippen LogP contribution is -3.15. The fraction of sp³-hybridized carbons (Fsp3) is 0.250. The van der Waals surface area contributed by atoms with Crippen LogP contribution in [0.5, 0.6) is 0 Å². The Kier molecular flexibility index (Phi) is 5.62. The lowest BCUT2D eigenvalue weighted by molar-refractivity contribution is -0.895. The van der Waals surface area contributed by atoms with Crippen LogP contribution in [-0.4, -0.2) is 49.4 Å². The third kappa shape index (κ3) is 4.47. The molecule has 2 N–H and O–H groups in total. The van der Waals surface area contributed by atoms with E-state index < -0.39 is 0 Å². The molecule has 1 saturated heterocycles. The fourth-order valence-electron chi connectivity index (χ4n) is 3.03. The van der Waals surface area contributed by atoms with Gasteiger partial charge in [0.25, 0.3) is 11.8 Å². The number of hydrogen-bond acceptors (Lipinski definition) is 3. The van der Waals surface area contributed by atoms with Crippen LogP contribution in [-0.2, 0) is 4.79 Å². The molecule has 2 amide bonds. The van der Waals surface area contributed by atoms with Crippen molar-refractivity contribution in [3.63, 3.8) is 0 Å². The lowest BCUT2D eigenvalue weighted by Gasteiger charge is -2.32. The second kappa shape index (κ2) is 8.28. The molecule has 1 aliphatic rings. The van der Waals surface area contributed by atoms with Gasteiger partial charge in [-0.2, -0.15) is 5.26 Å². The maximum Gasteiger partial charge on any atom is 0.279 e. The van der Waals surface area contributed by atoms with Crippen LogP contribution in [0.1, 0.15) is 15.9 Å². The van der Waals surface area contributed by atoms with Crippen LogP contribution in [0.2, 0.25) is 0 Å². The number of amides is 2. The van der Waals surface area contributed by atoms with E-state index in [1.165, 1.54) is 0 Å². The van der Waals surface area contributed by atoms with Crippen molar-refractivity contribution in [3.05, 3.63) is 65.7 Å². The van der Waals surface area contributed by atoms with Crippen molar-refractivity contribution in [1.29, 1.82) is 5.26 Å². The summed E-state index contributed by atoms with van der Waals surface area (Å²) in [6.07, 6.45) is 0. The van der Waals surface area contributed by atoms with Gasteiger partial charge < -0.3 is 15.1 Å². The summed E-state index contributed by atoms with van der Waals surface area (Å²) in [5, 5.41) is 11.6. The minimum absolute atomic E-state index is 0.0479. The zero-order chi connectivity index (χ0) is 18.4. The van der Waals surface area contributed by atoms with Gasteiger partial charge in [-0.1, -0.05) is 18.2 Å². The first kappa shape index (κ1) is 17.6. The standard InChI is InChI=1S/C20H20N4O2/c21-14-16-6-8-18(9-7-16)22-19(25)15-23-10-12-24(13-11-23)20(26)17-4-2-1-3-5-17/h1-9H,10-13,15H2,(H,22,25)/p+1. The van der Waals surface area contributed by atoms with Gasteiger partial charge in [0.15, 0.2) is 6.54 Å². The van der Waals surface area contributed by atoms with Gasteiger partial charge in [-0.25, -0.2) is 0 Å². The molecule has 1 fully saturated rings. The molecular formula is C20H21N4O2+. The van der Waals surface area contributed by atoms with Gasteiger partial charge in [0.05, 0.1) is 37.8 Å². The fourth-order valence-corrected chi connectivity index (χ4v) is 3.03. The Bertz CT molecular complexity index is 804. The molecule has 0 aromatic heterocycles. The normalized spacial score (nSPS) is 14.5. The number of nitrogens with one attached hydrogen (secondary N) is 2. The SMILES string of the molecule is N#Cc1ccc(NC(=O)C[NH+]2CCN(C(=O)c3ccccc3)CC2)cc1. The van der Waals surface area contributed by atoms with Crippen molar-refractivity contribution >= 4 is 17.5 Å². The first-order valence-electron chi connectivity index (χ1n) is 8.63. The molecule has 2 aromatic carbocycles. The van der Waals surface area contributed by atoms with E-state index in [1.54, 1.807) is 24.3 Å². The summed E-state index contributed by atoms with van der Waals surface area (Å²) < 4.78 is 0. The topological polar surface area (TPSA) is 77.6 Å². The van der Waals surface area contributed by atoms with Crippen molar-refractivity contribution in [2.24, 2.45) is 0 Å². The van der Waals surface area contributed by atoms with Crippen LogP contribution < -0.4 is 10.2 Å². The Morgan fingerprint density at radius 3 is 2.31 bits per heavy atom. The molecule has 3 rings (SSSR count). The number of rotatable bonds is 4. The van der Waals surface area contributed by atoms with Gasteiger partial charge in [-0.3, -0.25) is 9.59 Å². The Morgan fingerprint density at radius 2 is 1.69 bits per heavy atom. The quantitative estimate of drug-likeness (QED) is 0.846. The second-order valence-electron chi connectivity index (χ2n) is 6.32. The number of quaternary nitrogens is 1. The smallest absolute Gasteiger partial charge is 0.279 e. The Balaban J connectivity index is 1.47. The maximum absolute atomic E-state index is 12.4. The molecule has 0 spiro atoms. The van der Waals surface area contributed by atoms with Crippen molar-refractivity contribution < 1.29 is 14.5 Å². The molecule has 6 nitrogen and oxygen atoms in total. The molecule has 1 aliphatic heterocycles. The van der Waals surface area contributed by atoms with Crippen LogP contribution in [0.4, 0.5) is 5.69 Å². The highest BCUT2D eigenvalue weighted by molar-refractivity contribution is 5.94. The maximum atomic E-state index is 12.4. The van der Waals surface area contributed by atoms with Crippen molar-refractivity contribution in [1.82, 2.24) is 4.90 Å². The van der Waals surface area contributed by atoms with E-state index in [4.69, 9.17) is 5.26 Å². The van der Waals surface area contributed by atoms with Crippen LogP contribution in [0, 0.1) is 11.3 Å². The Morgan fingerprint density at radius 1 is 1.04 bits per heavy atom. The summed E-state index contributed by atoms with van der Waals surface area (Å²) in [4.78, 5) is 27.6. The molecule has 0 aliphatic carbocycles. The predicted octanol–water partition coefficient (Wildman–Crippen LogP) is 0.538. The van der Waals surface area contributed by atoms with Crippen molar-refractivity contribution in [3.8, 4) is 6.07 Å². The van der Waals surface area contributed by atoms with E-state index in [1.807, 2.05) is 41.3 Å². The van der Waals surface area contributed by atoms with Crippen LogP contribution in [0.25, 0.3) is 0 Å². The Labute approximate surface area is 152 Å². The van der Waals surface area contributed by atoms with E-state index >= 15 is 0 Å². The van der Waals surface area contributed by atoms with E-state index in [2.05, 4.69) is 5.32 Å². The molecule has 1 heterocycles. The number of carbonyl (C=O) groups excluding carboxylic acids is 2. The Hall–Kier alpha value is -3.17. The summed E-state index contributed by atoms with van der Waals surface area (Å²) in [5.74, 6) is -0.0146. The number of hydrogen-bond donors (Lipinski definition) is 2. The summed E-state index contributed by atoms with van der Waals surface area (Å²) in [7, 11) is 0. The predicted molar refractivity (Wildman–Crippen MR) is 97.7 cm³/mol. The van der Waals surface area contributed by atoms with Gasteiger partial charge >= 0.3 is 0 Å². The average Bonchev–Trinajstić information content (AvgIpc) is 2.69. The molecule has 0 bridgehead atoms. The van der Waals surface area contributed by atoms with Crippen LogP contribution >= 0.6 is 0 Å².